The number of thiazole rings is 1. The normalized spacial score (nSPS) is 22.9. The van der Waals surface area contributed by atoms with Gasteiger partial charge in [-0.1, -0.05) is 101 Å². The van der Waals surface area contributed by atoms with Crippen molar-refractivity contribution < 1.29 is 67.9 Å². The Morgan fingerprint density at radius 1 is 0.813 bits per heavy atom. The molecule has 5 aromatic rings. The van der Waals surface area contributed by atoms with Crippen molar-refractivity contribution in [2.75, 3.05) is 81.4 Å². The molecule has 582 valence electrons. The second kappa shape index (κ2) is 33.3. The number of piperazine rings is 1. The third-order valence-electron chi connectivity index (χ3n) is 22.4. The summed E-state index contributed by atoms with van der Waals surface area (Å²) in [5, 5.41) is 22.7. The summed E-state index contributed by atoms with van der Waals surface area (Å²) in [6, 6.07) is 22.6. The maximum absolute atomic E-state index is 14.6. The van der Waals surface area contributed by atoms with Gasteiger partial charge in [-0.15, -0.1) is 23.1 Å². The van der Waals surface area contributed by atoms with Crippen molar-refractivity contribution in [3.63, 3.8) is 0 Å². The first kappa shape index (κ1) is 81.0. The number of aryl methyl sites for hydroxylation is 1. The van der Waals surface area contributed by atoms with Crippen molar-refractivity contribution in [3.8, 4) is 10.4 Å². The molecule has 0 spiro atoms. The number of rotatable bonds is 31. The van der Waals surface area contributed by atoms with Crippen LogP contribution in [0.1, 0.15) is 159 Å². The number of nitrogens with zero attached hydrogens (tertiary/aromatic N) is 5. The minimum absolute atomic E-state index is 0.0543. The van der Waals surface area contributed by atoms with E-state index in [1.54, 1.807) is 29.0 Å². The minimum atomic E-state index is -6.20. The third-order valence-corrected chi connectivity index (χ3v) is 27.4. The Hall–Kier alpha value is -7.02. The van der Waals surface area contributed by atoms with Crippen molar-refractivity contribution in [2.45, 2.75) is 195 Å². The number of likely N-dealkylation sites (tertiary alicyclic amines) is 2. The van der Waals surface area contributed by atoms with Crippen LogP contribution in [-0.4, -0.2) is 179 Å². The zero-order valence-electron chi connectivity index (χ0n) is 61.9. The monoisotopic (exact) mass is 1560 g/mol. The van der Waals surface area contributed by atoms with Crippen LogP contribution in [0.3, 0.4) is 0 Å². The molecule has 5 amide bonds. The van der Waals surface area contributed by atoms with Gasteiger partial charge < -0.3 is 41.1 Å². The molecule has 4 heterocycles. The lowest BCUT2D eigenvalue weighted by atomic mass is 9.32. The number of aliphatic hydroxyl groups is 1. The molecule has 7 aliphatic rings. The van der Waals surface area contributed by atoms with E-state index in [1.165, 1.54) is 39.9 Å². The number of nitrogens with one attached hydrogen (secondary N) is 5. The lowest BCUT2D eigenvalue weighted by Crippen LogP contribution is -2.66. The Labute approximate surface area is 633 Å². The molecular formula is C78H101F5N10O10S4. The van der Waals surface area contributed by atoms with Gasteiger partial charge in [-0.25, -0.2) is 35.3 Å². The highest BCUT2D eigenvalue weighted by molar-refractivity contribution is 7.99. The first-order valence-electron chi connectivity index (χ1n) is 37.2. The van der Waals surface area contributed by atoms with Gasteiger partial charge in [0.25, 0.3) is 25.8 Å². The Bertz CT molecular complexity index is 4260. The van der Waals surface area contributed by atoms with Gasteiger partial charge in [0.15, 0.2) is 0 Å². The molecule has 20 nitrogen and oxygen atoms in total. The average molecular weight is 1560 g/mol. The summed E-state index contributed by atoms with van der Waals surface area (Å²) in [5.74, 6) is -2.53. The molecule has 4 aromatic carbocycles. The lowest BCUT2D eigenvalue weighted by molar-refractivity contribution is -0.250. The number of thioether (sulfide) groups is 1. The van der Waals surface area contributed by atoms with E-state index in [0.717, 1.165) is 83.3 Å². The number of unbranched alkanes of at least 4 members (excludes halogenated alkanes) is 3. The smallest absolute Gasteiger partial charge is 0.391 e. The number of allylic oxidation sites excluding steroid dienone is 1. The highest BCUT2D eigenvalue weighted by Gasteiger charge is 2.73. The van der Waals surface area contributed by atoms with Crippen LogP contribution >= 0.6 is 23.1 Å². The second-order valence-corrected chi connectivity index (χ2v) is 37.7. The minimum Gasteiger partial charge on any atom is -0.391 e. The summed E-state index contributed by atoms with van der Waals surface area (Å²) in [7, 11) is -11.2. The highest BCUT2D eigenvalue weighted by atomic mass is 32.2. The van der Waals surface area contributed by atoms with Crippen LogP contribution in [0.25, 0.3) is 10.4 Å². The van der Waals surface area contributed by atoms with Crippen molar-refractivity contribution in [1.82, 2.24) is 40.4 Å². The average Bonchev–Trinajstić information content (AvgIpc) is 0.999. The fourth-order valence-corrected chi connectivity index (χ4v) is 20.0. The van der Waals surface area contributed by atoms with Crippen LogP contribution in [0.4, 0.5) is 33.3 Å². The number of sulfone groups is 1. The summed E-state index contributed by atoms with van der Waals surface area (Å²) < 4.78 is 128. The molecule has 6 N–H and O–H groups in total. The SMILES string of the molecule is Cc1ncsc1-c1ccc([C@H](C)NC(=O)[C@@H]2C[C@@H](O)CN2C(=O)[C@@H](NC(=O)CCCCCCNC(=O)[C@@H]2CCN(CC[C@H](CSc3ccccc3)Nc3ccc(S(=O)(=O)NC(=O)c4ccc(N5CCN(CC6=C(C78CC(C(F)F)(C7)C8)CC(C)(C)CC6)CC5)cc4)cc3S(=O)(=O)C(F)(F)F)C2)C(C)(C)C)cc1. The van der Waals surface area contributed by atoms with Crippen LogP contribution in [0, 0.1) is 34.5 Å². The maximum atomic E-state index is 14.6. The number of aliphatic hydroxyl groups excluding tert-OH is 1. The molecule has 0 radical (unpaired) electrons. The molecule has 0 unspecified atom stereocenters. The molecule has 3 aliphatic heterocycles. The standard InChI is InChI=1S/C78H101F5N10O10S4/c1-50(52-18-20-53(21-19-52)67-51(2)85-49-105-67)86-71(98)64-39-59(94)44-93(64)72(99)68(74(3,4)5)88-66(95)17-13-8-9-14-32-84-69(96)56-29-33-90(43-56)34-30-57(45-104-60-15-11-10-12-16-60)87-63-27-26-61(40-65(63)106(100,101)78(81,82)83)107(102,103)89-70(97)54-22-24-58(25-23-54)92-37-35-91(36-38-92)42-55-28-31-75(6,7)41-62(55)76-46-77(47-76,48-76)73(79)80/h10-12,15-16,18-27,40,49-50,56-57,59,64,68,73,87,94H,8-9,13-14,17,28-39,41-48H2,1-7H3,(H,84,96)(H,86,98)(H,88,95)(H,89,97)/t50-,56+,57+,59+,64-,68+,76?,77?/m0/s1. The summed E-state index contributed by atoms with van der Waals surface area (Å²) in [4.78, 5) is 80.5. The molecule has 1 aromatic heterocycles. The Morgan fingerprint density at radius 2 is 1.50 bits per heavy atom. The van der Waals surface area contributed by atoms with Crippen molar-refractivity contribution in [2.24, 2.45) is 27.6 Å². The van der Waals surface area contributed by atoms with Crippen LogP contribution in [0.5, 0.6) is 0 Å². The number of anilines is 2. The number of carbonyl (C=O) groups is 5. The number of benzene rings is 4. The molecule has 6 fully saturated rings. The fraction of sp³-hybridized carbons (Fsp3) is 0.564. The summed E-state index contributed by atoms with van der Waals surface area (Å²) >= 11 is 2.93. The highest BCUT2D eigenvalue weighted by Crippen LogP contribution is 2.79. The van der Waals surface area contributed by atoms with E-state index in [-0.39, 0.29) is 65.7 Å². The Morgan fingerprint density at radius 3 is 2.16 bits per heavy atom. The van der Waals surface area contributed by atoms with Crippen LogP contribution in [-0.2, 0) is 39.0 Å². The third kappa shape index (κ3) is 19.2. The van der Waals surface area contributed by atoms with Crippen molar-refractivity contribution in [1.29, 1.82) is 0 Å². The van der Waals surface area contributed by atoms with Crippen LogP contribution in [0.15, 0.2) is 128 Å². The first-order valence-corrected chi connectivity index (χ1v) is 42.0. The number of sulfonamides is 1. The van der Waals surface area contributed by atoms with E-state index in [4.69, 9.17) is 0 Å². The first-order chi connectivity index (χ1) is 50.5. The Kier molecular flexibility index (Phi) is 25.2. The number of hydrogen-bond donors (Lipinski definition) is 6. The van der Waals surface area contributed by atoms with E-state index in [1.807, 2.05) is 93.9 Å². The molecule has 2 bridgehead atoms. The van der Waals surface area contributed by atoms with E-state index >= 15 is 0 Å². The molecule has 12 rings (SSSR count). The topological polar surface area (TPSA) is 260 Å². The zero-order chi connectivity index (χ0) is 77.0. The van der Waals surface area contributed by atoms with Crippen molar-refractivity contribution >= 4 is 83.9 Å². The van der Waals surface area contributed by atoms with Gasteiger partial charge in [-0.05, 0) is 167 Å². The number of carbonyl (C=O) groups excluding carboxylic acids is 5. The summed E-state index contributed by atoms with van der Waals surface area (Å²) in [6.45, 7) is 19.0. The number of hydrogen-bond acceptors (Lipinski definition) is 17. The van der Waals surface area contributed by atoms with Gasteiger partial charge in [0.2, 0.25) is 30.1 Å². The number of halogens is 5. The molecule has 3 saturated heterocycles. The second-order valence-electron chi connectivity index (χ2n) is 32.1. The molecule has 6 atom stereocenters. The molecule has 107 heavy (non-hydrogen) atoms. The number of alkyl halides is 5. The quantitative estimate of drug-likeness (QED) is 0.0104. The van der Waals surface area contributed by atoms with Gasteiger partial charge >= 0.3 is 5.51 Å². The predicted molar refractivity (Wildman–Crippen MR) is 405 cm³/mol. The Balaban J connectivity index is 0.631. The summed E-state index contributed by atoms with van der Waals surface area (Å²) in [5.41, 5.74) is 0.303. The van der Waals surface area contributed by atoms with E-state index in [2.05, 4.69) is 54.8 Å². The molecular weight excluding hydrogens is 1460 g/mol. The summed E-state index contributed by atoms with van der Waals surface area (Å²) in [6.07, 6.45) is 5.00. The number of aromatic nitrogens is 1. The van der Waals surface area contributed by atoms with Gasteiger partial charge in [-0.3, -0.25) is 28.9 Å². The van der Waals surface area contributed by atoms with E-state index in [0.29, 0.717) is 96.7 Å². The molecule has 29 heteroatoms. The zero-order valence-corrected chi connectivity index (χ0v) is 65.2. The van der Waals surface area contributed by atoms with E-state index < -0.39 is 106 Å². The van der Waals surface area contributed by atoms with Gasteiger partial charge in [0, 0.05) is 105 Å². The number of β-amino-alcohol motifs (C(OH)–C–C–N with tert-alkyl or cyclic N) is 1. The fourth-order valence-electron chi connectivity index (χ4n) is 16.2. The maximum Gasteiger partial charge on any atom is 0.501 e. The van der Waals surface area contributed by atoms with Crippen molar-refractivity contribution in [3.05, 3.63) is 131 Å². The molecule has 3 saturated carbocycles. The largest absolute Gasteiger partial charge is 0.501 e. The van der Waals surface area contributed by atoms with Gasteiger partial charge in [0.05, 0.1) is 44.7 Å². The van der Waals surface area contributed by atoms with Crippen LogP contribution in [0.2, 0.25) is 0 Å². The molecule has 4 aliphatic carbocycles. The van der Waals surface area contributed by atoms with Gasteiger partial charge in [0.1, 0.15) is 17.0 Å². The predicted octanol–water partition coefficient (Wildman–Crippen LogP) is 12.3. The van der Waals surface area contributed by atoms with Gasteiger partial charge in [-0.2, -0.15) is 13.2 Å². The van der Waals surface area contributed by atoms with Crippen LogP contribution < -0.4 is 30.9 Å². The lowest BCUT2D eigenvalue weighted by Gasteiger charge is -2.72. The van der Waals surface area contributed by atoms with E-state index in [9.17, 15) is 67.9 Å². The number of amides is 5.